The van der Waals surface area contributed by atoms with E-state index in [1.165, 1.54) is 30.1 Å². The summed E-state index contributed by atoms with van der Waals surface area (Å²) in [6, 6.07) is 0.858. The third kappa shape index (κ3) is 2.84. The molecule has 0 unspecified atom stereocenters. The lowest BCUT2D eigenvalue weighted by molar-refractivity contribution is -0.115. The van der Waals surface area contributed by atoms with Gasteiger partial charge in [-0.15, -0.1) is 0 Å². The largest absolute Gasteiger partial charge is 0.495 e. The number of ether oxygens (including phenoxy) is 2. The van der Waals surface area contributed by atoms with Gasteiger partial charge in [-0.25, -0.2) is 14.2 Å². The van der Waals surface area contributed by atoms with E-state index in [2.05, 4.69) is 10.3 Å². The predicted molar refractivity (Wildman–Crippen MR) is 106 cm³/mol. The van der Waals surface area contributed by atoms with Crippen molar-refractivity contribution in [3.05, 3.63) is 34.2 Å². The van der Waals surface area contributed by atoms with Crippen LogP contribution in [-0.4, -0.2) is 37.7 Å². The fourth-order valence-corrected chi connectivity index (χ4v) is 4.03. The maximum absolute atomic E-state index is 15.1. The Bertz CT molecular complexity index is 1020. The molecule has 0 atom stereocenters. The van der Waals surface area contributed by atoms with Crippen molar-refractivity contribution in [2.24, 2.45) is 0 Å². The van der Waals surface area contributed by atoms with Gasteiger partial charge in [-0.3, -0.25) is 14.6 Å². The fraction of sp³-hybridized carbons (Fsp3) is 0.316. The van der Waals surface area contributed by atoms with Crippen molar-refractivity contribution in [2.75, 3.05) is 35.9 Å². The number of hydrogen-bond donors (Lipinski definition) is 1. The van der Waals surface area contributed by atoms with Crippen LogP contribution < -0.4 is 24.6 Å². The second kappa shape index (κ2) is 7.07. The average Bonchev–Trinajstić information content (AvgIpc) is 3.09. The quantitative estimate of drug-likeness (QED) is 0.820. The molecule has 0 saturated carbocycles. The third-order valence-electron chi connectivity index (χ3n) is 5.02. The van der Waals surface area contributed by atoms with Crippen LogP contribution in [0.1, 0.15) is 18.1 Å². The summed E-state index contributed by atoms with van der Waals surface area (Å²) >= 11 is 6.37. The Morgan fingerprint density at radius 2 is 1.97 bits per heavy atom. The molecule has 0 radical (unpaired) electrons. The van der Waals surface area contributed by atoms with Crippen LogP contribution in [0.4, 0.5) is 26.4 Å². The molecule has 0 saturated heterocycles. The summed E-state index contributed by atoms with van der Waals surface area (Å²) in [5.74, 6) is -0.413. The molecule has 1 aromatic carbocycles. The molecule has 3 heterocycles. The molecule has 1 N–H and O–H groups in total. The molecular formula is C19H18ClFN4O4. The molecule has 29 heavy (non-hydrogen) atoms. The molecule has 3 amide bonds. The summed E-state index contributed by atoms with van der Waals surface area (Å²) in [4.78, 5) is 32.1. The monoisotopic (exact) mass is 420 g/mol. The van der Waals surface area contributed by atoms with Crippen molar-refractivity contribution >= 4 is 40.7 Å². The highest BCUT2D eigenvalue weighted by Gasteiger charge is 2.38. The predicted octanol–water partition coefficient (Wildman–Crippen LogP) is 3.35. The lowest BCUT2D eigenvalue weighted by atomic mass is 10.0. The van der Waals surface area contributed by atoms with Crippen LogP contribution in [0.3, 0.4) is 0 Å². The van der Waals surface area contributed by atoms with Crippen LogP contribution in [0.5, 0.6) is 11.5 Å². The third-order valence-corrected chi connectivity index (χ3v) is 5.38. The normalized spacial score (nSPS) is 15.2. The summed E-state index contributed by atoms with van der Waals surface area (Å²) in [7, 11) is 2.71. The Kier molecular flexibility index (Phi) is 4.70. The van der Waals surface area contributed by atoms with E-state index < -0.39 is 11.8 Å². The number of carbonyl (C=O) groups is 2. The van der Waals surface area contributed by atoms with Gasteiger partial charge in [0.2, 0.25) is 5.91 Å². The van der Waals surface area contributed by atoms with Crippen molar-refractivity contribution in [3.63, 3.8) is 0 Å². The summed E-state index contributed by atoms with van der Waals surface area (Å²) < 4.78 is 25.4. The maximum atomic E-state index is 15.1. The first-order valence-electron chi connectivity index (χ1n) is 8.90. The van der Waals surface area contributed by atoms with Gasteiger partial charge in [0.1, 0.15) is 22.3 Å². The van der Waals surface area contributed by atoms with Crippen molar-refractivity contribution < 1.29 is 23.5 Å². The molecule has 2 aliphatic heterocycles. The Morgan fingerprint density at radius 1 is 1.24 bits per heavy atom. The van der Waals surface area contributed by atoms with E-state index >= 15 is 4.39 Å². The van der Waals surface area contributed by atoms with Gasteiger partial charge in [0.05, 0.1) is 32.9 Å². The van der Waals surface area contributed by atoms with Crippen molar-refractivity contribution in [2.45, 2.75) is 19.9 Å². The van der Waals surface area contributed by atoms with Gasteiger partial charge in [-0.05, 0) is 6.92 Å². The van der Waals surface area contributed by atoms with Gasteiger partial charge in [0.15, 0.2) is 11.6 Å². The number of amides is 3. The zero-order valence-corrected chi connectivity index (χ0v) is 16.8. The van der Waals surface area contributed by atoms with E-state index in [1.54, 1.807) is 13.1 Å². The molecule has 0 fully saturated rings. The number of fused-ring (bicyclic) bond motifs is 3. The minimum atomic E-state index is -0.767. The van der Waals surface area contributed by atoms with Crippen LogP contribution in [0.15, 0.2) is 12.3 Å². The lowest BCUT2D eigenvalue weighted by Gasteiger charge is -2.38. The van der Waals surface area contributed by atoms with E-state index in [0.717, 1.165) is 0 Å². The smallest absolute Gasteiger partial charge is 0.329 e. The number of methoxy groups -OCH3 is 2. The molecule has 0 bridgehead atoms. The van der Waals surface area contributed by atoms with Gasteiger partial charge in [-0.2, -0.15) is 0 Å². The Hall–Kier alpha value is -3.07. The second-order valence-corrected chi connectivity index (χ2v) is 6.93. The van der Waals surface area contributed by atoms with Crippen LogP contribution in [0.2, 0.25) is 5.02 Å². The van der Waals surface area contributed by atoms with Crippen LogP contribution in [0, 0.1) is 5.82 Å². The van der Waals surface area contributed by atoms with E-state index in [-0.39, 0.29) is 41.1 Å². The molecule has 2 aliphatic rings. The number of urea groups is 1. The molecule has 152 valence electrons. The van der Waals surface area contributed by atoms with E-state index in [4.69, 9.17) is 21.1 Å². The highest BCUT2D eigenvalue weighted by atomic mass is 35.5. The van der Waals surface area contributed by atoms with E-state index in [0.29, 0.717) is 29.2 Å². The number of rotatable bonds is 4. The van der Waals surface area contributed by atoms with Crippen molar-refractivity contribution in [1.29, 1.82) is 0 Å². The van der Waals surface area contributed by atoms with E-state index in [9.17, 15) is 9.59 Å². The van der Waals surface area contributed by atoms with Gasteiger partial charge in [-0.1, -0.05) is 11.6 Å². The minimum Gasteiger partial charge on any atom is -0.495 e. The number of hydrogen-bond acceptors (Lipinski definition) is 5. The minimum absolute atomic E-state index is 0.0338. The van der Waals surface area contributed by atoms with Gasteiger partial charge < -0.3 is 14.8 Å². The van der Waals surface area contributed by atoms with Crippen molar-refractivity contribution in [3.8, 4) is 11.5 Å². The van der Waals surface area contributed by atoms with Crippen LogP contribution >= 0.6 is 11.6 Å². The number of nitrogens with one attached hydrogen (secondary N) is 1. The Morgan fingerprint density at radius 3 is 2.62 bits per heavy atom. The maximum Gasteiger partial charge on any atom is 0.329 e. The van der Waals surface area contributed by atoms with Gasteiger partial charge >= 0.3 is 6.03 Å². The molecule has 0 spiro atoms. The Balaban J connectivity index is 1.89. The lowest BCUT2D eigenvalue weighted by Crippen LogP contribution is -2.48. The first kappa shape index (κ1) is 19.3. The summed E-state index contributed by atoms with van der Waals surface area (Å²) in [5.41, 5.74) is 1.84. The topological polar surface area (TPSA) is 84.0 Å². The summed E-state index contributed by atoms with van der Waals surface area (Å²) in [6.07, 6.45) is 1.71. The van der Waals surface area contributed by atoms with Crippen molar-refractivity contribution in [1.82, 2.24) is 4.98 Å². The zero-order chi connectivity index (χ0) is 20.9. The number of nitrogens with zero attached hydrogens (tertiary/aromatic N) is 3. The standard InChI is InChI=1S/C19H18ClFN4O4/c1-4-24-16-9(7-22-18-10(16)5-13(26)23-18)8-25(19(24)27)17-14(20)11(28-2)6-12(29-3)15(17)21/h6-7H,4-5,8H2,1-3H3,(H,22,23,26). The summed E-state index contributed by atoms with van der Waals surface area (Å²) in [5, 5.41) is 2.65. The number of aromatic nitrogens is 1. The molecular weight excluding hydrogens is 403 g/mol. The summed E-state index contributed by atoms with van der Waals surface area (Å²) in [6.45, 7) is 2.14. The van der Waals surface area contributed by atoms with Gasteiger partial charge in [0, 0.05) is 29.9 Å². The highest BCUT2D eigenvalue weighted by molar-refractivity contribution is 6.35. The van der Waals surface area contributed by atoms with Crippen LogP contribution in [-0.2, 0) is 17.8 Å². The number of benzene rings is 1. The molecule has 8 nitrogen and oxygen atoms in total. The zero-order valence-electron chi connectivity index (χ0n) is 16.0. The Labute approximate surface area is 171 Å². The fourth-order valence-electron chi connectivity index (χ4n) is 3.71. The molecule has 4 rings (SSSR count). The number of anilines is 3. The SMILES string of the molecule is CCN1C(=O)N(c2c(F)c(OC)cc(OC)c2Cl)Cc2cnc3c(c21)CC(=O)N3. The molecule has 2 aromatic rings. The molecule has 0 aliphatic carbocycles. The highest BCUT2D eigenvalue weighted by Crippen LogP contribution is 2.45. The molecule has 1 aromatic heterocycles. The first-order chi connectivity index (χ1) is 13.9. The molecule has 10 heteroatoms. The van der Waals surface area contributed by atoms with Crippen LogP contribution in [0.25, 0.3) is 0 Å². The van der Waals surface area contributed by atoms with Gasteiger partial charge in [0.25, 0.3) is 0 Å². The average molecular weight is 421 g/mol. The first-order valence-corrected chi connectivity index (χ1v) is 9.28. The van der Waals surface area contributed by atoms with E-state index in [1.807, 2.05) is 0 Å². The number of pyridine rings is 1. The second-order valence-electron chi connectivity index (χ2n) is 6.55. The number of halogens is 2. The number of carbonyl (C=O) groups excluding carboxylic acids is 2.